The Morgan fingerprint density at radius 3 is 2.20 bits per heavy atom. The molecule has 12 nitrogen and oxygen atoms in total. The molecule has 0 fully saturated rings. The first-order valence-corrected chi connectivity index (χ1v) is 18.9. The number of benzene rings is 1. The van der Waals surface area contributed by atoms with E-state index < -0.39 is 45.4 Å². The molecule has 1 aromatic rings. The molecule has 0 spiro atoms. The van der Waals surface area contributed by atoms with E-state index in [2.05, 4.69) is 23.6 Å². The largest absolute Gasteiger partial charge is 0.465 e. The second kappa shape index (κ2) is 23.2. The van der Waals surface area contributed by atoms with Gasteiger partial charge in [-0.3, -0.25) is 19.2 Å². The zero-order valence-electron chi connectivity index (χ0n) is 29.8. The maximum Gasteiger partial charge on any atom is 0.322 e. The molecule has 0 aliphatic heterocycles. The number of urea groups is 1. The van der Waals surface area contributed by atoms with Gasteiger partial charge in [-0.05, 0) is 64.2 Å². The van der Waals surface area contributed by atoms with E-state index in [9.17, 15) is 29.2 Å². The van der Waals surface area contributed by atoms with Gasteiger partial charge in [0.05, 0.1) is 36.6 Å². The Kier molecular flexibility index (Phi) is 20.7. The predicted octanol–water partition coefficient (Wildman–Crippen LogP) is 5.81. The Hall–Kier alpha value is -3.35. The van der Waals surface area contributed by atoms with Crippen molar-refractivity contribution in [2.45, 2.75) is 97.3 Å². The number of rotatable bonds is 23. The van der Waals surface area contributed by atoms with E-state index in [1.54, 1.807) is 20.8 Å². The van der Waals surface area contributed by atoms with Crippen LogP contribution in [0.3, 0.4) is 0 Å². The molecule has 0 radical (unpaired) electrons. The summed E-state index contributed by atoms with van der Waals surface area (Å²) in [6.45, 7) is 8.67. The minimum absolute atomic E-state index is 0.0197. The molecular weight excluding hydrogens is 701 g/mol. The molecule has 4 N–H and O–H groups in total. The number of esters is 3. The zero-order valence-corrected chi connectivity index (χ0v) is 32.3. The highest BCUT2D eigenvalue weighted by Crippen LogP contribution is 2.48. The summed E-state index contributed by atoms with van der Waals surface area (Å²) in [4.78, 5) is 63.2. The number of nitriles is 1. The van der Waals surface area contributed by atoms with Crippen LogP contribution in [0.2, 0.25) is 0 Å². The summed E-state index contributed by atoms with van der Waals surface area (Å²) >= 11 is 8.20. The fourth-order valence-corrected chi connectivity index (χ4v) is 8.36. The molecule has 0 saturated carbocycles. The summed E-state index contributed by atoms with van der Waals surface area (Å²) in [5.41, 5.74) is 3.34. The average molecular weight is 753 g/mol. The molecular formula is C35H52N4O8S3. The molecule has 15 heteroatoms. The van der Waals surface area contributed by atoms with Crippen LogP contribution in [0.25, 0.3) is 0 Å². The maximum absolute atomic E-state index is 13.9. The molecule has 0 saturated heterocycles. The summed E-state index contributed by atoms with van der Waals surface area (Å²) in [7, 11) is 0. The molecule has 0 aromatic heterocycles. The molecule has 0 aliphatic rings. The van der Waals surface area contributed by atoms with Crippen LogP contribution in [0.4, 0.5) is 4.79 Å². The number of unbranched alkanes of at least 4 members (excludes halogenated alkanes) is 2. The predicted molar refractivity (Wildman–Crippen MR) is 200 cm³/mol. The van der Waals surface area contributed by atoms with E-state index >= 15 is 0 Å². The van der Waals surface area contributed by atoms with E-state index in [-0.39, 0.29) is 58.6 Å². The third kappa shape index (κ3) is 17.5. The van der Waals surface area contributed by atoms with Crippen molar-refractivity contribution in [1.29, 1.82) is 5.26 Å². The van der Waals surface area contributed by atoms with Crippen molar-refractivity contribution < 1.29 is 38.2 Å². The van der Waals surface area contributed by atoms with Gasteiger partial charge in [0.1, 0.15) is 21.5 Å². The van der Waals surface area contributed by atoms with Crippen molar-refractivity contribution in [3.63, 3.8) is 0 Å². The second-order valence-corrected chi connectivity index (χ2v) is 16.5. The monoisotopic (exact) mass is 752 g/mol. The van der Waals surface area contributed by atoms with Crippen molar-refractivity contribution in [1.82, 2.24) is 10.6 Å². The third-order valence-corrected chi connectivity index (χ3v) is 10.5. The Morgan fingerprint density at radius 2 is 1.58 bits per heavy atom. The second-order valence-electron chi connectivity index (χ2n) is 12.7. The molecule has 0 bridgehead atoms. The number of carbonyl (C=O) groups excluding carboxylic acids is 5. The lowest BCUT2D eigenvalue weighted by atomic mass is 9.68. The number of thiocarbonyl (C=S) groups is 1. The van der Waals surface area contributed by atoms with Gasteiger partial charge in [0.15, 0.2) is 0 Å². The molecule has 278 valence electrons. The minimum Gasteiger partial charge on any atom is -0.465 e. The smallest absolute Gasteiger partial charge is 0.322 e. The highest BCUT2D eigenvalue weighted by molar-refractivity contribution is 8.47. The van der Waals surface area contributed by atoms with Crippen molar-refractivity contribution in [3.05, 3.63) is 35.9 Å². The van der Waals surface area contributed by atoms with E-state index in [1.807, 2.05) is 37.3 Å². The summed E-state index contributed by atoms with van der Waals surface area (Å²) in [6.07, 6.45) is 3.26. The van der Waals surface area contributed by atoms with Crippen LogP contribution in [0.5, 0.6) is 0 Å². The first-order chi connectivity index (χ1) is 23.6. The lowest BCUT2D eigenvalue weighted by Gasteiger charge is -2.39. The van der Waals surface area contributed by atoms with E-state index in [4.69, 9.17) is 32.2 Å². The number of nitrogens with two attached hydrogens (primary N) is 1. The molecule has 3 atom stereocenters. The van der Waals surface area contributed by atoms with Crippen molar-refractivity contribution >= 4 is 69.1 Å². The molecule has 0 aliphatic carbocycles. The molecule has 1 rings (SSSR count). The topological polar surface area (TPSA) is 187 Å². The molecule has 3 amide bonds. The number of hydrogen-bond acceptors (Lipinski definition) is 12. The quantitative estimate of drug-likeness (QED) is 0.0528. The van der Waals surface area contributed by atoms with Crippen LogP contribution in [-0.4, -0.2) is 70.2 Å². The van der Waals surface area contributed by atoms with Crippen LogP contribution in [0.15, 0.2) is 30.3 Å². The minimum atomic E-state index is -1.39. The summed E-state index contributed by atoms with van der Waals surface area (Å²) in [6, 6.07) is 10.9. The number of primary amides is 1. The standard InChI is InChI=1S/C35H52N4O8S3/c1-6-8-18-45-29(42)34(4,23-33(3,25-36)16-15-28(41)47-22-26-13-11-10-12-14-26)24-35(5,50-32(48)49-20-9-7-2)30(43)46-19-17-38-31(44)39-21-27(37)40/h10-14H,6-9,15-24H2,1-5H3,(H2,37,40)(H2,38,39,44). The van der Waals surface area contributed by atoms with E-state index in [0.717, 1.165) is 42.3 Å². The van der Waals surface area contributed by atoms with Gasteiger partial charge < -0.3 is 30.6 Å². The first kappa shape index (κ1) is 44.7. The van der Waals surface area contributed by atoms with Crippen molar-refractivity contribution in [3.8, 4) is 6.07 Å². The van der Waals surface area contributed by atoms with E-state index in [1.165, 1.54) is 11.8 Å². The third-order valence-electron chi connectivity index (χ3n) is 7.63. The number of amides is 3. The Labute approximate surface area is 310 Å². The Balaban J connectivity index is 3.24. The number of thioether (sulfide) groups is 2. The van der Waals surface area contributed by atoms with Gasteiger partial charge in [-0.1, -0.05) is 81.0 Å². The summed E-state index contributed by atoms with van der Waals surface area (Å²) in [5.74, 6) is -1.68. The van der Waals surface area contributed by atoms with Gasteiger partial charge in [-0.15, -0.1) is 11.8 Å². The van der Waals surface area contributed by atoms with Gasteiger partial charge >= 0.3 is 23.9 Å². The summed E-state index contributed by atoms with van der Waals surface area (Å²) < 4.78 is 15.8. The van der Waals surface area contributed by atoms with Crippen LogP contribution >= 0.6 is 35.7 Å². The average Bonchev–Trinajstić information content (AvgIpc) is 3.07. The van der Waals surface area contributed by atoms with Crippen molar-refractivity contribution in [2.24, 2.45) is 16.6 Å². The van der Waals surface area contributed by atoms with Crippen LogP contribution < -0.4 is 16.4 Å². The number of nitrogens with zero attached hydrogens (tertiary/aromatic N) is 1. The Bertz CT molecular complexity index is 1330. The highest BCUT2D eigenvalue weighted by Gasteiger charge is 2.50. The van der Waals surface area contributed by atoms with Gasteiger partial charge in [0, 0.05) is 6.42 Å². The molecule has 3 unspecified atom stereocenters. The van der Waals surface area contributed by atoms with Gasteiger partial charge in [-0.2, -0.15) is 5.26 Å². The molecule has 0 heterocycles. The summed E-state index contributed by atoms with van der Waals surface area (Å²) in [5, 5.41) is 15.1. The van der Waals surface area contributed by atoms with Gasteiger partial charge in [0.25, 0.3) is 0 Å². The number of nitrogens with one attached hydrogen (secondary N) is 2. The van der Waals surface area contributed by atoms with Crippen LogP contribution in [0, 0.1) is 22.2 Å². The number of carbonyl (C=O) groups is 5. The van der Waals surface area contributed by atoms with Gasteiger partial charge in [0.2, 0.25) is 5.91 Å². The van der Waals surface area contributed by atoms with Gasteiger partial charge in [-0.25, -0.2) is 4.79 Å². The van der Waals surface area contributed by atoms with Crippen LogP contribution in [-0.2, 0) is 40.0 Å². The molecule has 1 aromatic carbocycles. The highest BCUT2D eigenvalue weighted by atomic mass is 32.2. The maximum atomic E-state index is 13.9. The fraction of sp³-hybridized carbons (Fsp3) is 0.629. The van der Waals surface area contributed by atoms with Crippen LogP contribution in [0.1, 0.15) is 91.5 Å². The lowest BCUT2D eigenvalue weighted by Crippen LogP contribution is -2.46. The molecule has 50 heavy (non-hydrogen) atoms. The normalized spacial score (nSPS) is 14.4. The van der Waals surface area contributed by atoms with E-state index in [0.29, 0.717) is 9.95 Å². The fourth-order valence-electron chi connectivity index (χ4n) is 5.02. The Morgan fingerprint density at radius 1 is 0.920 bits per heavy atom. The van der Waals surface area contributed by atoms with Crippen molar-refractivity contribution in [2.75, 3.05) is 32.1 Å². The number of ether oxygens (including phenoxy) is 3. The number of hydrogen-bond donors (Lipinski definition) is 3. The first-order valence-electron chi connectivity index (χ1n) is 16.7. The lowest BCUT2D eigenvalue weighted by molar-refractivity contribution is -0.159. The SMILES string of the molecule is CCCCOC(=O)C(C)(CC(C)(C#N)CCC(=O)OCc1ccccc1)CC(C)(SC(=S)SCCCC)C(=O)OCCNC(=O)NCC(N)=O. The zero-order chi connectivity index (χ0) is 37.6.